The van der Waals surface area contributed by atoms with Crippen molar-refractivity contribution >= 4 is 16.9 Å². The average Bonchev–Trinajstić information content (AvgIpc) is 2.46. The zero-order valence-electron chi connectivity index (χ0n) is 11.6. The molecule has 0 aromatic heterocycles. The Kier molecular flexibility index (Phi) is 4.33. The van der Waals surface area contributed by atoms with Crippen molar-refractivity contribution in [2.45, 2.75) is 65.2 Å². The normalized spacial score (nSPS) is 22.1. The third-order valence-electron chi connectivity index (χ3n) is 2.59. The molecule has 1 aliphatic heterocycles. The van der Waals surface area contributed by atoms with Crippen molar-refractivity contribution in [2.75, 3.05) is 6.54 Å². The minimum absolute atomic E-state index is 0.132. The lowest BCUT2D eigenvalue weighted by atomic mass is 9.82. The Morgan fingerprint density at radius 3 is 2.38 bits per heavy atom. The van der Waals surface area contributed by atoms with Crippen LogP contribution in [0.25, 0.3) is 0 Å². The summed E-state index contributed by atoms with van der Waals surface area (Å²) < 4.78 is 0. The summed E-state index contributed by atoms with van der Waals surface area (Å²) in [5.41, 5.74) is 0.483. The molecule has 2 nitrogen and oxygen atoms in total. The van der Waals surface area contributed by atoms with Gasteiger partial charge in [0.25, 0.3) is 0 Å². The van der Waals surface area contributed by atoms with E-state index < -0.39 is 0 Å². The van der Waals surface area contributed by atoms with Crippen LogP contribution in [-0.2, 0) is 0 Å². The Balaban J connectivity index is 2.48. The van der Waals surface area contributed by atoms with Crippen LogP contribution in [0.1, 0.15) is 54.4 Å². The number of nitrogens with zero attached hydrogens (tertiary/aromatic N) is 1. The number of rotatable bonds is 3. The Bertz CT molecular complexity index is 264. The average molecular weight is 242 g/mol. The van der Waals surface area contributed by atoms with Gasteiger partial charge < -0.3 is 5.32 Å². The smallest absolute Gasteiger partial charge is 0.157 e. The molecular weight excluding hydrogens is 216 g/mol. The summed E-state index contributed by atoms with van der Waals surface area (Å²) in [4.78, 5) is 4.57. The molecule has 94 valence electrons. The van der Waals surface area contributed by atoms with Gasteiger partial charge in [0.15, 0.2) is 5.17 Å². The molecule has 0 spiro atoms. The number of nitrogens with one attached hydrogen (secondary N) is 1. The second-order valence-corrected chi connectivity index (χ2v) is 7.83. The van der Waals surface area contributed by atoms with Crippen LogP contribution in [0.5, 0.6) is 0 Å². The Morgan fingerprint density at radius 1 is 1.31 bits per heavy atom. The molecule has 1 N–H and O–H groups in total. The minimum Gasteiger partial charge on any atom is -0.360 e. The van der Waals surface area contributed by atoms with E-state index in [-0.39, 0.29) is 5.54 Å². The number of thioether (sulfide) groups is 1. The first-order valence-electron chi connectivity index (χ1n) is 6.21. The third-order valence-corrected chi connectivity index (χ3v) is 3.86. The van der Waals surface area contributed by atoms with Crippen molar-refractivity contribution in [3.05, 3.63) is 0 Å². The lowest BCUT2D eigenvalue weighted by Gasteiger charge is -2.33. The second kappa shape index (κ2) is 4.99. The van der Waals surface area contributed by atoms with Crippen molar-refractivity contribution in [1.29, 1.82) is 0 Å². The Labute approximate surface area is 105 Å². The predicted octanol–water partition coefficient (Wildman–Crippen LogP) is 3.67. The van der Waals surface area contributed by atoms with Gasteiger partial charge in [-0.1, -0.05) is 39.5 Å². The largest absolute Gasteiger partial charge is 0.360 e. The first-order chi connectivity index (χ1) is 7.22. The zero-order chi connectivity index (χ0) is 12.4. The first-order valence-corrected chi connectivity index (χ1v) is 7.09. The van der Waals surface area contributed by atoms with Gasteiger partial charge in [-0.15, -0.1) is 0 Å². The monoisotopic (exact) mass is 242 g/mol. The topological polar surface area (TPSA) is 24.4 Å². The maximum absolute atomic E-state index is 4.57. The highest BCUT2D eigenvalue weighted by atomic mass is 32.2. The van der Waals surface area contributed by atoms with Gasteiger partial charge >= 0.3 is 0 Å². The van der Waals surface area contributed by atoms with E-state index >= 15 is 0 Å². The van der Waals surface area contributed by atoms with Gasteiger partial charge in [-0.2, -0.15) is 0 Å². The van der Waals surface area contributed by atoms with Crippen LogP contribution >= 0.6 is 11.8 Å². The Morgan fingerprint density at radius 2 is 1.94 bits per heavy atom. The van der Waals surface area contributed by atoms with E-state index in [1.807, 2.05) is 11.8 Å². The van der Waals surface area contributed by atoms with Crippen LogP contribution in [0.2, 0.25) is 0 Å². The number of amidine groups is 1. The summed E-state index contributed by atoms with van der Waals surface area (Å²) in [6, 6.07) is 0. The van der Waals surface area contributed by atoms with Crippen LogP contribution in [0.4, 0.5) is 0 Å². The Hall–Kier alpha value is -0.180. The summed E-state index contributed by atoms with van der Waals surface area (Å²) in [5.74, 6) is 0. The molecule has 0 aromatic rings. The number of hydrogen-bond acceptors (Lipinski definition) is 3. The highest BCUT2D eigenvalue weighted by molar-refractivity contribution is 8.14. The second-order valence-electron chi connectivity index (χ2n) is 6.54. The van der Waals surface area contributed by atoms with Gasteiger partial charge in [0.2, 0.25) is 0 Å². The standard InChI is InChI=1S/C13H26N2S/c1-7-10-8-14-11(16-10)15-13(5,6)9-12(2,3)4/h10H,7-9H2,1-6H3,(H,14,15). The van der Waals surface area contributed by atoms with Crippen LogP contribution in [0.3, 0.4) is 0 Å². The fourth-order valence-corrected chi connectivity index (χ4v) is 3.47. The van der Waals surface area contributed by atoms with E-state index in [0.717, 1.165) is 18.1 Å². The van der Waals surface area contributed by atoms with Gasteiger partial charge in [0.05, 0.1) is 6.54 Å². The number of aliphatic imine (C=N–C) groups is 1. The van der Waals surface area contributed by atoms with Gasteiger partial charge in [-0.05, 0) is 32.1 Å². The summed E-state index contributed by atoms with van der Waals surface area (Å²) in [6.07, 6.45) is 2.36. The molecule has 3 heteroatoms. The lowest BCUT2D eigenvalue weighted by Crippen LogP contribution is -2.44. The van der Waals surface area contributed by atoms with E-state index in [4.69, 9.17) is 0 Å². The molecule has 0 aromatic carbocycles. The molecule has 1 heterocycles. The molecule has 16 heavy (non-hydrogen) atoms. The van der Waals surface area contributed by atoms with Crippen LogP contribution in [0.15, 0.2) is 4.99 Å². The molecule has 0 saturated heterocycles. The van der Waals surface area contributed by atoms with Crippen LogP contribution in [0, 0.1) is 5.41 Å². The van der Waals surface area contributed by atoms with Crippen LogP contribution in [-0.4, -0.2) is 22.5 Å². The van der Waals surface area contributed by atoms with Crippen molar-refractivity contribution in [3.8, 4) is 0 Å². The molecule has 0 radical (unpaired) electrons. The van der Waals surface area contributed by atoms with E-state index in [1.165, 1.54) is 6.42 Å². The molecule has 1 rings (SSSR count). The fraction of sp³-hybridized carbons (Fsp3) is 0.923. The third kappa shape index (κ3) is 4.77. The highest BCUT2D eigenvalue weighted by Crippen LogP contribution is 2.29. The zero-order valence-corrected chi connectivity index (χ0v) is 12.4. The highest BCUT2D eigenvalue weighted by Gasteiger charge is 2.28. The summed E-state index contributed by atoms with van der Waals surface area (Å²) in [6.45, 7) is 14.6. The van der Waals surface area contributed by atoms with Crippen molar-refractivity contribution < 1.29 is 0 Å². The summed E-state index contributed by atoms with van der Waals surface area (Å²) in [7, 11) is 0. The van der Waals surface area contributed by atoms with Crippen LogP contribution < -0.4 is 5.32 Å². The maximum atomic E-state index is 4.57. The van der Waals surface area contributed by atoms with E-state index in [2.05, 4.69) is 51.9 Å². The number of hydrogen-bond donors (Lipinski definition) is 1. The van der Waals surface area contributed by atoms with E-state index in [1.54, 1.807) is 0 Å². The van der Waals surface area contributed by atoms with E-state index in [9.17, 15) is 0 Å². The van der Waals surface area contributed by atoms with Gasteiger partial charge in [0, 0.05) is 10.8 Å². The molecule has 0 fully saturated rings. The molecule has 0 amide bonds. The van der Waals surface area contributed by atoms with Gasteiger partial charge in [-0.3, -0.25) is 4.99 Å². The summed E-state index contributed by atoms with van der Waals surface area (Å²) in [5, 5.41) is 5.42. The van der Waals surface area contributed by atoms with Crippen molar-refractivity contribution in [1.82, 2.24) is 5.32 Å². The molecule has 0 bridgehead atoms. The molecular formula is C13H26N2S. The predicted molar refractivity (Wildman–Crippen MR) is 75.3 cm³/mol. The maximum Gasteiger partial charge on any atom is 0.157 e. The molecule has 0 aliphatic carbocycles. The molecule has 1 unspecified atom stereocenters. The summed E-state index contributed by atoms with van der Waals surface area (Å²) >= 11 is 1.90. The van der Waals surface area contributed by atoms with E-state index in [0.29, 0.717) is 10.7 Å². The van der Waals surface area contributed by atoms with Crippen molar-refractivity contribution in [3.63, 3.8) is 0 Å². The van der Waals surface area contributed by atoms with Gasteiger partial charge in [0.1, 0.15) is 0 Å². The SMILES string of the molecule is CCC1CN=C(NC(C)(C)CC(C)(C)C)S1. The molecule has 1 aliphatic rings. The minimum atomic E-state index is 0.132. The lowest BCUT2D eigenvalue weighted by molar-refractivity contribution is 0.268. The first kappa shape index (κ1) is 13.9. The quantitative estimate of drug-likeness (QED) is 0.816. The fourth-order valence-electron chi connectivity index (χ4n) is 2.36. The van der Waals surface area contributed by atoms with Crippen molar-refractivity contribution in [2.24, 2.45) is 10.4 Å². The molecule has 0 saturated carbocycles. The van der Waals surface area contributed by atoms with Gasteiger partial charge in [-0.25, -0.2) is 0 Å². The molecule has 1 atom stereocenters.